The zero-order valence-corrected chi connectivity index (χ0v) is 14.5. The molecule has 0 radical (unpaired) electrons. The molecule has 2 aromatic rings. The van der Waals surface area contributed by atoms with Crippen LogP contribution in [0, 0.1) is 0 Å². The smallest absolute Gasteiger partial charge is 0.416 e. The molecule has 144 valence electrons. The molecule has 1 atom stereocenters. The molecule has 27 heavy (non-hydrogen) atoms. The van der Waals surface area contributed by atoms with Crippen LogP contribution in [0.15, 0.2) is 47.1 Å². The molecule has 0 saturated carbocycles. The van der Waals surface area contributed by atoms with E-state index in [4.69, 9.17) is 4.42 Å². The lowest BCUT2D eigenvalue weighted by molar-refractivity contribution is -0.137. The summed E-state index contributed by atoms with van der Waals surface area (Å²) in [5.41, 5.74) is -0.00781. The molecule has 1 aromatic carbocycles. The summed E-state index contributed by atoms with van der Waals surface area (Å²) in [6.07, 6.45) is -1.26. The topological polar surface area (TPSA) is 62.6 Å². The van der Waals surface area contributed by atoms with Gasteiger partial charge in [0.2, 0.25) is 5.91 Å². The first-order valence-electron chi connectivity index (χ1n) is 8.64. The monoisotopic (exact) mass is 380 g/mol. The van der Waals surface area contributed by atoms with E-state index in [1.54, 1.807) is 12.1 Å². The third-order valence-corrected chi connectivity index (χ3v) is 4.54. The molecule has 1 unspecified atom stereocenters. The first kappa shape index (κ1) is 19.0. The molecule has 1 aromatic heterocycles. The van der Waals surface area contributed by atoms with Gasteiger partial charge in [-0.2, -0.15) is 13.2 Å². The molecule has 0 spiro atoms. The van der Waals surface area contributed by atoms with Gasteiger partial charge in [-0.25, -0.2) is 0 Å². The van der Waals surface area contributed by atoms with E-state index in [9.17, 15) is 22.8 Å². The van der Waals surface area contributed by atoms with Gasteiger partial charge in [0, 0.05) is 13.1 Å². The van der Waals surface area contributed by atoms with Crippen molar-refractivity contribution in [3.63, 3.8) is 0 Å². The van der Waals surface area contributed by atoms with Gasteiger partial charge in [-0.05, 0) is 49.1 Å². The predicted molar refractivity (Wildman–Crippen MR) is 90.9 cm³/mol. The largest absolute Gasteiger partial charge is 0.459 e. The SMILES string of the molecule is O=C(NCCc1ccc(C(F)(F)F)cc1)C1CCCN1C(=O)c1ccco1. The van der Waals surface area contributed by atoms with Gasteiger partial charge in [-0.1, -0.05) is 12.1 Å². The van der Waals surface area contributed by atoms with Crippen LogP contribution < -0.4 is 5.32 Å². The molecule has 5 nitrogen and oxygen atoms in total. The van der Waals surface area contributed by atoms with E-state index in [-0.39, 0.29) is 24.1 Å². The fourth-order valence-corrected chi connectivity index (χ4v) is 3.13. The number of alkyl halides is 3. The summed E-state index contributed by atoms with van der Waals surface area (Å²) in [7, 11) is 0. The molecular weight excluding hydrogens is 361 g/mol. The molecule has 1 aliphatic rings. The van der Waals surface area contributed by atoms with E-state index in [0.717, 1.165) is 18.6 Å². The maximum Gasteiger partial charge on any atom is 0.416 e. The number of carbonyl (C=O) groups is 2. The number of benzene rings is 1. The van der Waals surface area contributed by atoms with Crippen molar-refractivity contribution in [1.82, 2.24) is 10.2 Å². The third kappa shape index (κ3) is 4.50. The van der Waals surface area contributed by atoms with Crippen LogP contribution in [0.25, 0.3) is 0 Å². The fraction of sp³-hybridized carbons (Fsp3) is 0.368. The van der Waals surface area contributed by atoms with Gasteiger partial charge in [0.25, 0.3) is 5.91 Å². The molecule has 0 bridgehead atoms. The highest BCUT2D eigenvalue weighted by Crippen LogP contribution is 2.29. The van der Waals surface area contributed by atoms with Gasteiger partial charge in [0.15, 0.2) is 5.76 Å². The minimum absolute atomic E-state index is 0.194. The molecule has 0 aliphatic carbocycles. The standard InChI is InChI=1S/C19H19F3N2O3/c20-19(21,22)14-7-5-13(6-8-14)9-10-23-17(25)15-3-1-11-24(15)18(26)16-4-2-12-27-16/h2,4-8,12,15H,1,3,9-11H2,(H,23,25). The van der Waals surface area contributed by atoms with Crippen molar-refractivity contribution < 1.29 is 27.2 Å². The Balaban J connectivity index is 1.52. The van der Waals surface area contributed by atoms with E-state index in [1.165, 1.54) is 23.3 Å². The second-order valence-electron chi connectivity index (χ2n) is 6.37. The Kier molecular flexibility index (Phi) is 5.53. The molecule has 2 heterocycles. The molecule has 2 amide bonds. The van der Waals surface area contributed by atoms with Gasteiger partial charge >= 0.3 is 6.18 Å². The number of furan rings is 1. The number of hydrogen-bond donors (Lipinski definition) is 1. The fourth-order valence-electron chi connectivity index (χ4n) is 3.13. The number of likely N-dealkylation sites (tertiary alicyclic amines) is 1. The highest BCUT2D eigenvalue weighted by molar-refractivity contribution is 5.95. The number of nitrogens with zero attached hydrogens (tertiary/aromatic N) is 1. The Hall–Kier alpha value is -2.77. The Labute approximate surface area is 154 Å². The van der Waals surface area contributed by atoms with Crippen molar-refractivity contribution in [1.29, 1.82) is 0 Å². The van der Waals surface area contributed by atoms with Crippen molar-refractivity contribution in [2.45, 2.75) is 31.5 Å². The Bertz CT molecular complexity index is 786. The maximum absolute atomic E-state index is 12.6. The summed E-state index contributed by atoms with van der Waals surface area (Å²) in [4.78, 5) is 26.3. The van der Waals surface area contributed by atoms with Crippen molar-refractivity contribution in [3.8, 4) is 0 Å². The first-order chi connectivity index (χ1) is 12.9. The van der Waals surface area contributed by atoms with Crippen LogP contribution in [0.4, 0.5) is 13.2 Å². The number of hydrogen-bond acceptors (Lipinski definition) is 3. The van der Waals surface area contributed by atoms with Gasteiger partial charge in [-0.3, -0.25) is 9.59 Å². The van der Waals surface area contributed by atoms with Crippen LogP contribution in [-0.2, 0) is 17.4 Å². The van der Waals surface area contributed by atoms with Crippen LogP contribution in [0.1, 0.15) is 34.5 Å². The third-order valence-electron chi connectivity index (χ3n) is 4.54. The van der Waals surface area contributed by atoms with Gasteiger partial charge in [-0.15, -0.1) is 0 Å². The van der Waals surface area contributed by atoms with E-state index >= 15 is 0 Å². The molecule has 3 rings (SSSR count). The summed E-state index contributed by atoms with van der Waals surface area (Å²) < 4.78 is 42.8. The second-order valence-corrected chi connectivity index (χ2v) is 6.37. The lowest BCUT2D eigenvalue weighted by atomic mass is 10.1. The first-order valence-corrected chi connectivity index (χ1v) is 8.64. The molecule has 1 saturated heterocycles. The van der Waals surface area contributed by atoms with Gasteiger partial charge in [0.05, 0.1) is 11.8 Å². The summed E-state index contributed by atoms with van der Waals surface area (Å²) >= 11 is 0. The summed E-state index contributed by atoms with van der Waals surface area (Å²) in [6.45, 7) is 0.764. The molecule has 8 heteroatoms. The summed E-state index contributed by atoms with van der Waals surface area (Å²) in [5.74, 6) is -0.390. The maximum atomic E-state index is 12.6. The lowest BCUT2D eigenvalue weighted by Crippen LogP contribution is -2.46. The Morgan fingerprint density at radius 2 is 1.93 bits per heavy atom. The highest BCUT2D eigenvalue weighted by atomic mass is 19.4. The summed E-state index contributed by atoms with van der Waals surface area (Å²) in [5, 5.41) is 2.76. The van der Waals surface area contributed by atoms with E-state index in [1.807, 2.05) is 0 Å². The van der Waals surface area contributed by atoms with Crippen molar-refractivity contribution in [2.24, 2.45) is 0 Å². The Morgan fingerprint density at radius 3 is 2.56 bits per heavy atom. The van der Waals surface area contributed by atoms with E-state index < -0.39 is 17.8 Å². The predicted octanol–water partition coefficient (Wildman–Crippen LogP) is 3.26. The quantitative estimate of drug-likeness (QED) is 0.866. The number of carbonyl (C=O) groups excluding carboxylic acids is 2. The van der Waals surface area contributed by atoms with Crippen LogP contribution >= 0.6 is 0 Å². The van der Waals surface area contributed by atoms with E-state index in [2.05, 4.69) is 5.32 Å². The average Bonchev–Trinajstić information content (AvgIpc) is 3.32. The zero-order chi connectivity index (χ0) is 19.4. The molecule has 1 aliphatic heterocycles. The minimum atomic E-state index is -4.36. The van der Waals surface area contributed by atoms with Gasteiger partial charge in [0.1, 0.15) is 6.04 Å². The molecule has 1 fully saturated rings. The molecule has 1 N–H and O–H groups in total. The summed E-state index contributed by atoms with van der Waals surface area (Å²) in [6, 6.07) is 7.46. The average molecular weight is 380 g/mol. The Morgan fingerprint density at radius 1 is 1.19 bits per heavy atom. The molecular formula is C19H19F3N2O3. The van der Waals surface area contributed by atoms with Crippen molar-refractivity contribution >= 4 is 11.8 Å². The highest BCUT2D eigenvalue weighted by Gasteiger charge is 2.35. The van der Waals surface area contributed by atoms with Crippen molar-refractivity contribution in [3.05, 3.63) is 59.5 Å². The zero-order valence-electron chi connectivity index (χ0n) is 14.5. The van der Waals surface area contributed by atoms with E-state index in [0.29, 0.717) is 24.9 Å². The number of amides is 2. The van der Waals surface area contributed by atoms with Crippen LogP contribution in [0.2, 0.25) is 0 Å². The second kappa shape index (κ2) is 7.85. The van der Waals surface area contributed by atoms with Crippen LogP contribution in [-0.4, -0.2) is 35.8 Å². The lowest BCUT2D eigenvalue weighted by Gasteiger charge is -2.23. The van der Waals surface area contributed by atoms with Crippen LogP contribution in [0.3, 0.4) is 0 Å². The minimum Gasteiger partial charge on any atom is -0.459 e. The number of halogens is 3. The van der Waals surface area contributed by atoms with Crippen molar-refractivity contribution in [2.75, 3.05) is 13.1 Å². The van der Waals surface area contributed by atoms with Crippen LogP contribution in [0.5, 0.6) is 0 Å². The number of nitrogens with one attached hydrogen (secondary N) is 1. The normalized spacial score (nSPS) is 17.1. The number of rotatable bonds is 5. The van der Waals surface area contributed by atoms with Gasteiger partial charge < -0.3 is 14.6 Å².